The summed E-state index contributed by atoms with van der Waals surface area (Å²) in [5, 5.41) is 9.43. The van der Waals surface area contributed by atoms with Crippen molar-refractivity contribution in [3.8, 4) is 0 Å². The van der Waals surface area contributed by atoms with Crippen molar-refractivity contribution in [1.82, 2.24) is 14.9 Å². The van der Waals surface area contributed by atoms with E-state index in [0.29, 0.717) is 6.54 Å². The van der Waals surface area contributed by atoms with Gasteiger partial charge < -0.3 is 5.11 Å². The molecular weight excluding hydrogens is 314 g/mol. The summed E-state index contributed by atoms with van der Waals surface area (Å²) in [5.41, 5.74) is 4.16. The van der Waals surface area contributed by atoms with Crippen molar-refractivity contribution >= 4 is 5.97 Å². The largest absolute Gasteiger partial charge is 0.481 e. The van der Waals surface area contributed by atoms with Crippen LogP contribution in [0.15, 0.2) is 36.7 Å². The van der Waals surface area contributed by atoms with E-state index in [1.54, 1.807) is 0 Å². The molecule has 0 saturated carbocycles. The number of piperidine rings is 1. The van der Waals surface area contributed by atoms with Gasteiger partial charge in [0.05, 0.1) is 23.3 Å². The third-order valence-electron chi connectivity index (χ3n) is 4.92. The maximum Gasteiger partial charge on any atom is 0.307 e. The highest BCUT2D eigenvalue weighted by Gasteiger charge is 2.32. The number of aryl methyl sites for hydroxylation is 2. The van der Waals surface area contributed by atoms with Crippen molar-refractivity contribution in [3.63, 3.8) is 0 Å². The molecule has 1 aliphatic rings. The second-order valence-corrected chi connectivity index (χ2v) is 6.78. The van der Waals surface area contributed by atoms with Crippen molar-refractivity contribution in [3.05, 3.63) is 59.2 Å². The van der Waals surface area contributed by atoms with Gasteiger partial charge in [-0.3, -0.25) is 19.7 Å². The van der Waals surface area contributed by atoms with Crippen LogP contribution in [0.4, 0.5) is 0 Å². The van der Waals surface area contributed by atoms with E-state index in [1.807, 2.05) is 31.5 Å². The van der Waals surface area contributed by atoms with Crippen LogP contribution < -0.4 is 0 Å². The van der Waals surface area contributed by atoms with Gasteiger partial charge in [-0.2, -0.15) is 0 Å². The molecule has 2 aromatic heterocycles. The van der Waals surface area contributed by atoms with Crippen LogP contribution in [0.2, 0.25) is 0 Å². The van der Waals surface area contributed by atoms with Crippen molar-refractivity contribution in [2.75, 3.05) is 13.1 Å². The van der Waals surface area contributed by atoms with E-state index in [4.69, 9.17) is 0 Å². The third kappa shape index (κ3) is 4.04. The first kappa shape index (κ1) is 17.5. The SMILES string of the molecule is CCc1ccc(C(c2ccc(C)cn2)N2CCCC(C(=O)O)C2)nc1. The number of carbonyl (C=O) groups is 1. The van der Waals surface area contributed by atoms with E-state index in [0.717, 1.165) is 42.8 Å². The average Bonchev–Trinajstić information content (AvgIpc) is 2.64. The molecule has 132 valence electrons. The fourth-order valence-corrected chi connectivity index (χ4v) is 3.42. The smallest absolute Gasteiger partial charge is 0.307 e. The Morgan fingerprint density at radius 2 is 1.96 bits per heavy atom. The van der Waals surface area contributed by atoms with Crippen LogP contribution in [0.5, 0.6) is 0 Å². The minimum absolute atomic E-state index is 0.103. The van der Waals surface area contributed by atoms with Gasteiger partial charge in [-0.1, -0.05) is 19.1 Å². The molecule has 5 nitrogen and oxygen atoms in total. The first-order valence-corrected chi connectivity index (χ1v) is 8.92. The van der Waals surface area contributed by atoms with Gasteiger partial charge in [0.25, 0.3) is 0 Å². The molecule has 1 fully saturated rings. The van der Waals surface area contributed by atoms with Crippen LogP contribution in [-0.4, -0.2) is 39.0 Å². The zero-order valence-corrected chi connectivity index (χ0v) is 14.9. The minimum Gasteiger partial charge on any atom is -0.481 e. The Bertz CT molecular complexity index is 713. The average molecular weight is 339 g/mol. The summed E-state index contributed by atoms with van der Waals surface area (Å²) in [4.78, 5) is 23.0. The van der Waals surface area contributed by atoms with E-state index in [9.17, 15) is 9.90 Å². The van der Waals surface area contributed by atoms with Crippen LogP contribution >= 0.6 is 0 Å². The minimum atomic E-state index is -0.713. The summed E-state index contributed by atoms with van der Waals surface area (Å²) in [6, 6.07) is 8.12. The Morgan fingerprint density at radius 3 is 2.52 bits per heavy atom. The molecule has 2 aromatic rings. The first-order chi connectivity index (χ1) is 12.1. The second kappa shape index (κ2) is 7.74. The molecule has 0 radical (unpaired) electrons. The molecule has 0 spiro atoms. The Balaban J connectivity index is 1.95. The molecule has 1 saturated heterocycles. The number of carboxylic acid groups (broad SMARTS) is 1. The molecule has 1 aliphatic heterocycles. The molecule has 2 atom stereocenters. The van der Waals surface area contributed by atoms with E-state index in [-0.39, 0.29) is 12.0 Å². The standard InChI is InChI=1S/C20H25N3O2/c1-3-15-7-9-18(22-12-15)19(17-8-6-14(2)11-21-17)23-10-4-5-16(13-23)20(24)25/h6-9,11-12,16,19H,3-5,10,13H2,1-2H3,(H,24,25). The molecule has 0 aliphatic carbocycles. The lowest BCUT2D eigenvalue weighted by Gasteiger charge is -2.36. The summed E-state index contributed by atoms with van der Waals surface area (Å²) < 4.78 is 0. The Hall–Kier alpha value is -2.27. The van der Waals surface area contributed by atoms with Crippen LogP contribution in [0.1, 0.15) is 48.3 Å². The lowest BCUT2D eigenvalue weighted by atomic mass is 9.94. The molecule has 3 rings (SSSR count). The number of hydrogen-bond donors (Lipinski definition) is 1. The molecule has 5 heteroatoms. The maximum atomic E-state index is 11.5. The quantitative estimate of drug-likeness (QED) is 0.906. The summed E-state index contributed by atoms with van der Waals surface area (Å²) >= 11 is 0. The van der Waals surface area contributed by atoms with Gasteiger partial charge in [0.1, 0.15) is 0 Å². The Morgan fingerprint density at radius 1 is 1.24 bits per heavy atom. The third-order valence-corrected chi connectivity index (χ3v) is 4.92. The normalized spacial score (nSPS) is 19.5. The summed E-state index contributed by atoms with van der Waals surface area (Å²) in [6.07, 6.45) is 6.34. The van der Waals surface area contributed by atoms with Gasteiger partial charge in [0.2, 0.25) is 0 Å². The van der Waals surface area contributed by atoms with Crippen LogP contribution in [0.3, 0.4) is 0 Å². The molecule has 3 heterocycles. The van der Waals surface area contributed by atoms with Gasteiger partial charge in [-0.25, -0.2) is 0 Å². The van der Waals surface area contributed by atoms with Gasteiger partial charge >= 0.3 is 5.97 Å². The molecule has 2 unspecified atom stereocenters. The number of pyridine rings is 2. The molecule has 0 amide bonds. The van der Waals surface area contributed by atoms with Crippen LogP contribution in [0.25, 0.3) is 0 Å². The number of carboxylic acids is 1. The highest BCUT2D eigenvalue weighted by molar-refractivity contribution is 5.70. The summed E-state index contributed by atoms with van der Waals surface area (Å²) in [5.74, 6) is -1.04. The topological polar surface area (TPSA) is 66.3 Å². The molecule has 25 heavy (non-hydrogen) atoms. The highest BCUT2D eigenvalue weighted by atomic mass is 16.4. The zero-order chi connectivity index (χ0) is 17.8. The lowest BCUT2D eigenvalue weighted by Crippen LogP contribution is -2.41. The van der Waals surface area contributed by atoms with Gasteiger partial charge in [0.15, 0.2) is 0 Å². The van der Waals surface area contributed by atoms with Crippen molar-refractivity contribution < 1.29 is 9.90 Å². The van der Waals surface area contributed by atoms with Gasteiger partial charge in [-0.05, 0) is 56.0 Å². The van der Waals surface area contributed by atoms with E-state index in [2.05, 4.69) is 33.9 Å². The number of likely N-dealkylation sites (tertiary alicyclic amines) is 1. The lowest BCUT2D eigenvalue weighted by molar-refractivity contribution is -0.143. The van der Waals surface area contributed by atoms with E-state index in [1.165, 1.54) is 5.56 Å². The fraction of sp³-hybridized carbons (Fsp3) is 0.450. The first-order valence-electron chi connectivity index (χ1n) is 8.92. The van der Waals surface area contributed by atoms with Gasteiger partial charge in [-0.15, -0.1) is 0 Å². The van der Waals surface area contributed by atoms with E-state index >= 15 is 0 Å². The number of hydrogen-bond acceptors (Lipinski definition) is 4. The Labute approximate surface area is 148 Å². The maximum absolute atomic E-state index is 11.5. The summed E-state index contributed by atoms with van der Waals surface area (Å²) in [6.45, 7) is 5.52. The van der Waals surface area contributed by atoms with Gasteiger partial charge in [0, 0.05) is 18.9 Å². The molecule has 0 aromatic carbocycles. The van der Waals surface area contributed by atoms with Crippen molar-refractivity contribution in [2.45, 2.75) is 39.2 Å². The molecular formula is C20H25N3O2. The van der Waals surface area contributed by atoms with Crippen molar-refractivity contribution in [1.29, 1.82) is 0 Å². The number of rotatable bonds is 5. The highest BCUT2D eigenvalue weighted by Crippen LogP contribution is 2.31. The Kier molecular flexibility index (Phi) is 5.43. The predicted octanol–water partition coefficient (Wildman–Crippen LogP) is 3.23. The zero-order valence-electron chi connectivity index (χ0n) is 14.9. The number of aromatic nitrogens is 2. The molecule has 0 bridgehead atoms. The van der Waals surface area contributed by atoms with Crippen molar-refractivity contribution in [2.24, 2.45) is 5.92 Å². The van der Waals surface area contributed by atoms with Crippen LogP contribution in [-0.2, 0) is 11.2 Å². The summed E-state index contributed by atoms with van der Waals surface area (Å²) in [7, 11) is 0. The molecule has 1 N–H and O–H groups in total. The second-order valence-electron chi connectivity index (χ2n) is 6.78. The monoisotopic (exact) mass is 339 g/mol. The van der Waals surface area contributed by atoms with E-state index < -0.39 is 5.97 Å². The number of aliphatic carboxylic acids is 1. The fourth-order valence-electron chi connectivity index (χ4n) is 3.42. The van der Waals surface area contributed by atoms with Crippen LogP contribution in [0, 0.1) is 12.8 Å². The predicted molar refractivity (Wildman–Crippen MR) is 96.4 cm³/mol. The number of nitrogens with zero attached hydrogens (tertiary/aromatic N) is 3.